The highest BCUT2D eigenvalue weighted by molar-refractivity contribution is 7.92. The maximum Gasteiger partial charge on any atom is 0.261 e. The molecule has 4 rings (SSSR count). The van der Waals surface area contributed by atoms with Gasteiger partial charge in [0.2, 0.25) is 0 Å². The number of ketones is 1. The van der Waals surface area contributed by atoms with Gasteiger partial charge in [0.25, 0.3) is 10.0 Å². The second-order valence-electron chi connectivity index (χ2n) is 6.31. The Bertz CT molecular complexity index is 1080. The molecule has 3 aromatic rings. The standard InChI is InChI=1S/C19H17NO4S/c1-12-5-8-14(9-6-12)25(22,23)20-13-7-10-17-15(11-13)19-16(21)3-2-4-18(19)24-17/h5-11,20H,2-4H2,1H3. The SMILES string of the molecule is Cc1ccc(S(=O)(=O)Nc2ccc3oc4c(c3c2)C(=O)CCC4)cc1. The molecule has 0 amide bonds. The third-order valence-corrected chi connectivity index (χ3v) is 5.83. The van der Waals surface area contributed by atoms with Crippen LogP contribution < -0.4 is 4.72 Å². The molecule has 0 fully saturated rings. The fourth-order valence-electron chi connectivity index (χ4n) is 3.16. The number of hydrogen-bond acceptors (Lipinski definition) is 4. The lowest BCUT2D eigenvalue weighted by molar-refractivity contribution is 0.0971. The number of nitrogens with one attached hydrogen (secondary N) is 1. The average molecular weight is 355 g/mol. The molecule has 0 spiro atoms. The van der Waals surface area contributed by atoms with Crippen molar-refractivity contribution in [3.8, 4) is 0 Å². The lowest BCUT2D eigenvalue weighted by atomic mass is 9.94. The van der Waals surface area contributed by atoms with Gasteiger partial charge in [-0.05, 0) is 43.7 Å². The van der Waals surface area contributed by atoms with E-state index in [-0.39, 0.29) is 10.7 Å². The summed E-state index contributed by atoms with van der Waals surface area (Å²) < 4.78 is 33.4. The van der Waals surface area contributed by atoms with Crippen LogP contribution in [0.1, 0.15) is 34.5 Å². The van der Waals surface area contributed by atoms with Crippen LogP contribution >= 0.6 is 0 Å². The van der Waals surface area contributed by atoms with Gasteiger partial charge in [-0.3, -0.25) is 9.52 Å². The quantitative estimate of drug-likeness (QED) is 0.768. The molecule has 0 atom stereocenters. The Balaban J connectivity index is 1.73. The summed E-state index contributed by atoms with van der Waals surface area (Å²) in [6.07, 6.45) is 2.03. The van der Waals surface area contributed by atoms with Crippen molar-refractivity contribution in [1.29, 1.82) is 0 Å². The molecule has 2 aromatic carbocycles. The van der Waals surface area contributed by atoms with Crippen LogP contribution in [0.15, 0.2) is 51.8 Å². The van der Waals surface area contributed by atoms with Crippen LogP contribution in [0.3, 0.4) is 0 Å². The molecular weight excluding hydrogens is 338 g/mol. The van der Waals surface area contributed by atoms with E-state index in [1.807, 2.05) is 6.92 Å². The van der Waals surface area contributed by atoms with Crippen LogP contribution in [0, 0.1) is 6.92 Å². The molecule has 0 radical (unpaired) electrons. The second-order valence-corrected chi connectivity index (χ2v) is 7.99. The molecule has 5 nitrogen and oxygen atoms in total. The van der Waals surface area contributed by atoms with Gasteiger partial charge in [-0.25, -0.2) is 8.42 Å². The minimum Gasteiger partial charge on any atom is -0.460 e. The molecule has 0 bridgehead atoms. The number of Topliss-reactive ketones (excluding diaryl/α,β-unsaturated/α-hetero) is 1. The largest absolute Gasteiger partial charge is 0.460 e. The smallest absolute Gasteiger partial charge is 0.261 e. The monoisotopic (exact) mass is 355 g/mol. The van der Waals surface area contributed by atoms with Crippen LogP contribution in [0.4, 0.5) is 5.69 Å². The number of carbonyl (C=O) groups excluding carboxylic acids is 1. The first-order valence-electron chi connectivity index (χ1n) is 8.12. The molecular formula is C19H17NO4S. The van der Waals surface area contributed by atoms with Crippen LogP contribution in [-0.4, -0.2) is 14.2 Å². The normalized spacial score (nSPS) is 14.5. The fourth-order valence-corrected chi connectivity index (χ4v) is 4.21. The Labute approximate surface area is 145 Å². The first-order valence-corrected chi connectivity index (χ1v) is 9.60. The minimum atomic E-state index is -3.68. The molecule has 25 heavy (non-hydrogen) atoms. The number of hydrogen-bond donors (Lipinski definition) is 1. The van der Waals surface area contributed by atoms with E-state index in [1.54, 1.807) is 42.5 Å². The summed E-state index contributed by atoms with van der Waals surface area (Å²) in [5, 5.41) is 0.670. The molecule has 1 aromatic heterocycles. The van der Waals surface area contributed by atoms with Crippen LogP contribution in [-0.2, 0) is 16.4 Å². The van der Waals surface area contributed by atoms with E-state index < -0.39 is 10.0 Å². The second kappa shape index (κ2) is 5.74. The molecule has 0 unspecified atom stereocenters. The van der Waals surface area contributed by atoms with E-state index in [0.29, 0.717) is 34.4 Å². The van der Waals surface area contributed by atoms with Gasteiger partial charge in [-0.15, -0.1) is 0 Å². The number of rotatable bonds is 3. The number of carbonyl (C=O) groups is 1. The maximum atomic E-state index is 12.5. The van der Waals surface area contributed by atoms with E-state index in [1.165, 1.54) is 0 Å². The Morgan fingerprint density at radius 2 is 1.80 bits per heavy atom. The van der Waals surface area contributed by atoms with Gasteiger partial charge in [-0.1, -0.05) is 17.7 Å². The van der Waals surface area contributed by atoms with Gasteiger partial charge in [0, 0.05) is 23.9 Å². The fraction of sp³-hybridized carbons (Fsp3) is 0.211. The van der Waals surface area contributed by atoms with Gasteiger partial charge in [0.05, 0.1) is 10.5 Å². The summed E-state index contributed by atoms with van der Waals surface area (Å²) >= 11 is 0. The molecule has 1 heterocycles. The molecule has 6 heteroatoms. The average Bonchev–Trinajstić information content (AvgIpc) is 2.94. The molecule has 0 saturated carbocycles. The third kappa shape index (κ3) is 2.82. The van der Waals surface area contributed by atoms with Gasteiger partial charge < -0.3 is 4.42 Å². The van der Waals surface area contributed by atoms with Crippen LogP contribution in [0.25, 0.3) is 11.0 Å². The van der Waals surface area contributed by atoms with E-state index >= 15 is 0 Å². The van der Waals surface area contributed by atoms with Crippen molar-refractivity contribution in [1.82, 2.24) is 0 Å². The van der Waals surface area contributed by atoms with E-state index in [9.17, 15) is 13.2 Å². The van der Waals surface area contributed by atoms with Crippen LogP contribution in [0.5, 0.6) is 0 Å². The minimum absolute atomic E-state index is 0.0542. The number of furan rings is 1. The molecule has 1 N–H and O–H groups in total. The summed E-state index contributed by atoms with van der Waals surface area (Å²) in [5.41, 5.74) is 2.61. The maximum absolute atomic E-state index is 12.5. The zero-order valence-electron chi connectivity index (χ0n) is 13.7. The van der Waals surface area contributed by atoms with Gasteiger partial charge >= 0.3 is 0 Å². The molecule has 1 aliphatic rings. The third-order valence-electron chi connectivity index (χ3n) is 4.43. The molecule has 128 valence electrons. The molecule has 1 aliphatic carbocycles. The Morgan fingerprint density at radius 1 is 1.04 bits per heavy atom. The summed E-state index contributed by atoms with van der Waals surface area (Å²) in [6.45, 7) is 1.90. The first kappa shape index (κ1) is 15.9. The highest BCUT2D eigenvalue weighted by atomic mass is 32.2. The molecule has 0 saturated heterocycles. The number of fused-ring (bicyclic) bond motifs is 3. The predicted molar refractivity (Wildman–Crippen MR) is 95.5 cm³/mol. The highest BCUT2D eigenvalue weighted by Crippen LogP contribution is 2.33. The molecule has 0 aliphatic heterocycles. The van der Waals surface area contributed by atoms with Crippen molar-refractivity contribution in [2.45, 2.75) is 31.1 Å². The van der Waals surface area contributed by atoms with E-state index in [2.05, 4.69) is 4.72 Å². The van der Waals surface area contributed by atoms with Gasteiger partial charge in [0.15, 0.2) is 5.78 Å². The summed E-state index contributed by atoms with van der Waals surface area (Å²) in [7, 11) is -3.68. The number of benzene rings is 2. The van der Waals surface area contributed by atoms with Crippen molar-refractivity contribution >= 4 is 32.5 Å². The van der Waals surface area contributed by atoms with Crippen molar-refractivity contribution in [3.05, 3.63) is 59.4 Å². The Kier molecular flexibility index (Phi) is 3.65. The summed E-state index contributed by atoms with van der Waals surface area (Å²) in [4.78, 5) is 12.4. The highest BCUT2D eigenvalue weighted by Gasteiger charge is 2.25. The first-order chi connectivity index (χ1) is 11.9. The zero-order chi connectivity index (χ0) is 17.6. The van der Waals surface area contributed by atoms with Crippen molar-refractivity contribution in [2.75, 3.05) is 4.72 Å². The van der Waals surface area contributed by atoms with Gasteiger partial charge in [0.1, 0.15) is 11.3 Å². The number of anilines is 1. The Morgan fingerprint density at radius 3 is 2.56 bits per heavy atom. The lowest BCUT2D eigenvalue weighted by Gasteiger charge is -2.09. The lowest BCUT2D eigenvalue weighted by Crippen LogP contribution is -2.13. The topological polar surface area (TPSA) is 76.4 Å². The van der Waals surface area contributed by atoms with Crippen molar-refractivity contribution in [2.24, 2.45) is 0 Å². The van der Waals surface area contributed by atoms with E-state index in [0.717, 1.165) is 18.4 Å². The predicted octanol–water partition coefficient (Wildman–Crippen LogP) is 4.06. The van der Waals surface area contributed by atoms with Crippen molar-refractivity contribution < 1.29 is 17.6 Å². The number of aryl methyl sites for hydroxylation is 2. The summed E-state index contributed by atoms with van der Waals surface area (Å²) in [6, 6.07) is 11.7. The van der Waals surface area contributed by atoms with Gasteiger partial charge in [-0.2, -0.15) is 0 Å². The zero-order valence-corrected chi connectivity index (χ0v) is 14.5. The Hall–Kier alpha value is -2.60. The number of sulfonamides is 1. The van der Waals surface area contributed by atoms with E-state index in [4.69, 9.17) is 4.42 Å². The summed E-state index contributed by atoms with van der Waals surface area (Å²) in [5.74, 6) is 0.753. The van der Waals surface area contributed by atoms with Crippen molar-refractivity contribution in [3.63, 3.8) is 0 Å². The van der Waals surface area contributed by atoms with Crippen LogP contribution in [0.2, 0.25) is 0 Å².